The van der Waals surface area contributed by atoms with Crippen LogP contribution in [-0.4, -0.2) is 31.3 Å². The van der Waals surface area contributed by atoms with Crippen molar-refractivity contribution in [2.24, 2.45) is 0 Å². The molecule has 1 N–H and O–H groups in total. The minimum atomic E-state index is -0.794. The molecular formula is C6H10N4O2S. The number of rotatable bonds is 5. The van der Waals surface area contributed by atoms with Gasteiger partial charge in [0.1, 0.15) is 6.33 Å². The van der Waals surface area contributed by atoms with Crippen molar-refractivity contribution in [2.45, 2.75) is 24.6 Å². The lowest BCUT2D eigenvalue weighted by Gasteiger charge is -2.07. The minimum Gasteiger partial charge on any atom is -0.481 e. The summed E-state index contributed by atoms with van der Waals surface area (Å²) in [6.07, 6.45) is 2.82. The first-order chi connectivity index (χ1) is 6.20. The summed E-state index contributed by atoms with van der Waals surface area (Å²) in [6, 6.07) is 0. The molecule has 0 amide bonds. The predicted octanol–water partition coefficient (Wildman–Crippen LogP) is 0.356. The lowest BCUT2D eigenvalue weighted by molar-refractivity contribution is -0.137. The number of aliphatic carboxylic acids is 1. The molecule has 72 valence electrons. The zero-order chi connectivity index (χ0) is 9.68. The molecule has 0 aromatic carbocycles. The average molecular weight is 202 g/mol. The van der Waals surface area contributed by atoms with Crippen molar-refractivity contribution < 1.29 is 9.90 Å². The SMILES string of the molecule is O=C(O)CCCC(S)n1cnnn1. The molecule has 7 heteroatoms. The third kappa shape index (κ3) is 3.41. The number of aromatic nitrogens is 4. The molecule has 1 aromatic rings. The monoisotopic (exact) mass is 202 g/mol. The molecule has 1 aromatic heterocycles. The molecule has 0 bridgehead atoms. The molecule has 6 nitrogen and oxygen atoms in total. The second kappa shape index (κ2) is 4.80. The van der Waals surface area contributed by atoms with E-state index in [0.29, 0.717) is 12.8 Å². The highest BCUT2D eigenvalue weighted by atomic mass is 32.1. The number of nitrogens with zero attached hydrogens (tertiary/aromatic N) is 4. The quantitative estimate of drug-likeness (QED) is 0.674. The highest BCUT2D eigenvalue weighted by molar-refractivity contribution is 7.80. The van der Waals surface area contributed by atoms with Crippen LogP contribution in [0.15, 0.2) is 6.33 Å². The van der Waals surface area contributed by atoms with Crippen LogP contribution in [-0.2, 0) is 4.79 Å². The fourth-order valence-electron chi connectivity index (χ4n) is 0.873. The highest BCUT2D eigenvalue weighted by Crippen LogP contribution is 2.16. The predicted molar refractivity (Wildman–Crippen MR) is 47.3 cm³/mol. The van der Waals surface area contributed by atoms with Crippen molar-refractivity contribution in [3.05, 3.63) is 6.33 Å². The molecular weight excluding hydrogens is 192 g/mol. The largest absolute Gasteiger partial charge is 0.481 e. The van der Waals surface area contributed by atoms with E-state index in [4.69, 9.17) is 5.11 Å². The van der Waals surface area contributed by atoms with Crippen LogP contribution in [0.5, 0.6) is 0 Å². The fraction of sp³-hybridized carbons (Fsp3) is 0.667. The van der Waals surface area contributed by atoms with Crippen LogP contribution in [0.2, 0.25) is 0 Å². The van der Waals surface area contributed by atoms with E-state index in [2.05, 4.69) is 28.2 Å². The van der Waals surface area contributed by atoms with Gasteiger partial charge in [-0.25, -0.2) is 4.68 Å². The van der Waals surface area contributed by atoms with Crippen LogP contribution in [0.1, 0.15) is 24.6 Å². The molecule has 0 saturated heterocycles. The van der Waals surface area contributed by atoms with Gasteiger partial charge in [-0.15, -0.1) is 5.10 Å². The van der Waals surface area contributed by atoms with E-state index in [-0.39, 0.29) is 11.8 Å². The van der Waals surface area contributed by atoms with Crippen molar-refractivity contribution in [1.82, 2.24) is 20.2 Å². The standard InChI is InChI=1S/C6H10N4O2S/c11-6(12)3-1-2-5(13)10-4-7-8-9-10/h4-5,13H,1-3H2,(H,11,12). The molecule has 0 spiro atoms. The lowest BCUT2D eigenvalue weighted by atomic mass is 10.2. The second-order valence-corrected chi connectivity index (χ2v) is 3.15. The van der Waals surface area contributed by atoms with Gasteiger partial charge < -0.3 is 5.11 Å². The molecule has 13 heavy (non-hydrogen) atoms. The van der Waals surface area contributed by atoms with Crippen LogP contribution in [0.3, 0.4) is 0 Å². The maximum atomic E-state index is 10.2. The Labute approximate surface area is 80.4 Å². The summed E-state index contributed by atoms with van der Waals surface area (Å²) in [5, 5.41) is 18.8. The zero-order valence-corrected chi connectivity index (χ0v) is 7.76. The van der Waals surface area contributed by atoms with E-state index >= 15 is 0 Å². The van der Waals surface area contributed by atoms with Crippen molar-refractivity contribution in [3.8, 4) is 0 Å². The van der Waals surface area contributed by atoms with Crippen molar-refractivity contribution in [2.75, 3.05) is 0 Å². The number of tetrazole rings is 1. The zero-order valence-electron chi connectivity index (χ0n) is 6.87. The van der Waals surface area contributed by atoms with E-state index in [1.807, 2.05) is 0 Å². The summed E-state index contributed by atoms with van der Waals surface area (Å²) < 4.78 is 1.49. The summed E-state index contributed by atoms with van der Waals surface area (Å²) in [5.41, 5.74) is 0. The van der Waals surface area contributed by atoms with E-state index in [9.17, 15) is 4.79 Å². The summed E-state index contributed by atoms with van der Waals surface area (Å²) in [7, 11) is 0. The number of hydrogen-bond acceptors (Lipinski definition) is 5. The molecule has 1 unspecified atom stereocenters. The molecule has 1 rings (SSSR count). The highest BCUT2D eigenvalue weighted by Gasteiger charge is 2.07. The van der Waals surface area contributed by atoms with Crippen LogP contribution in [0.4, 0.5) is 0 Å². The molecule has 0 aliphatic heterocycles. The number of carboxylic acid groups (broad SMARTS) is 1. The number of hydrogen-bond donors (Lipinski definition) is 2. The van der Waals surface area contributed by atoms with Gasteiger partial charge in [0, 0.05) is 6.42 Å². The van der Waals surface area contributed by atoms with Crippen molar-refractivity contribution in [1.29, 1.82) is 0 Å². The summed E-state index contributed by atoms with van der Waals surface area (Å²) in [5.74, 6) is -0.794. The van der Waals surface area contributed by atoms with Crippen molar-refractivity contribution >= 4 is 18.6 Å². The number of carbonyl (C=O) groups is 1. The molecule has 0 aliphatic rings. The van der Waals surface area contributed by atoms with E-state index in [0.717, 1.165) is 0 Å². The topological polar surface area (TPSA) is 80.9 Å². The lowest BCUT2D eigenvalue weighted by Crippen LogP contribution is -2.05. The van der Waals surface area contributed by atoms with Gasteiger partial charge in [-0.1, -0.05) is 0 Å². The van der Waals surface area contributed by atoms with Crippen LogP contribution in [0, 0.1) is 0 Å². The Morgan fingerprint density at radius 2 is 2.46 bits per heavy atom. The summed E-state index contributed by atoms with van der Waals surface area (Å²) in [6.45, 7) is 0. The van der Waals surface area contributed by atoms with Gasteiger partial charge in [-0.3, -0.25) is 4.79 Å². The van der Waals surface area contributed by atoms with Crippen molar-refractivity contribution in [3.63, 3.8) is 0 Å². The molecule has 0 fully saturated rings. The first-order valence-corrected chi connectivity index (χ1v) is 4.34. The molecule has 0 aliphatic carbocycles. The van der Waals surface area contributed by atoms with E-state index in [1.54, 1.807) is 0 Å². The van der Waals surface area contributed by atoms with Crippen LogP contribution >= 0.6 is 12.6 Å². The van der Waals surface area contributed by atoms with Gasteiger partial charge in [-0.05, 0) is 23.3 Å². The smallest absolute Gasteiger partial charge is 0.303 e. The third-order valence-electron chi connectivity index (χ3n) is 1.52. The van der Waals surface area contributed by atoms with Crippen LogP contribution < -0.4 is 0 Å². The summed E-state index contributed by atoms with van der Waals surface area (Å²) in [4.78, 5) is 10.2. The van der Waals surface area contributed by atoms with Gasteiger partial charge in [0.25, 0.3) is 0 Å². The Balaban J connectivity index is 2.26. The second-order valence-electron chi connectivity index (χ2n) is 2.56. The normalized spacial score (nSPS) is 12.7. The van der Waals surface area contributed by atoms with Crippen LogP contribution in [0.25, 0.3) is 0 Å². The number of thiol groups is 1. The molecule has 1 heterocycles. The van der Waals surface area contributed by atoms with Gasteiger partial charge in [0.05, 0.1) is 5.37 Å². The third-order valence-corrected chi connectivity index (χ3v) is 2.02. The maximum Gasteiger partial charge on any atom is 0.303 e. The Morgan fingerprint density at radius 3 is 3.00 bits per heavy atom. The fourth-order valence-corrected chi connectivity index (χ4v) is 1.16. The first-order valence-electron chi connectivity index (χ1n) is 3.82. The minimum absolute atomic E-state index is 0.144. The Kier molecular flexibility index (Phi) is 3.69. The van der Waals surface area contributed by atoms with E-state index < -0.39 is 5.97 Å². The van der Waals surface area contributed by atoms with E-state index in [1.165, 1.54) is 11.0 Å². The van der Waals surface area contributed by atoms with Gasteiger partial charge in [0.2, 0.25) is 0 Å². The Morgan fingerprint density at radius 1 is 1.69 bits per heavy atom. The Bertz CT molecular complexity index is 264. The maximum absolute atomic E-state index is 10.2. The Hall–Kier alpha value is -1.11. The average Bonchev–Trinajstić information content (AvgIpc) is 2.55. The van der Waals surface area contributed by atoms with Gasteiger partial charge in [-0.2, -0.15) is 12.6 Å². The first kappa shape index (κ1) is 9.97. The molecule has 0 radical (unpaired) electrons. The molecule has 0 saturated carbocycles. The van der Waals surface area contributed by atoms with Gasteiger partial charge >= 0.3 is 5.97 Å². The molecule has 1 atom stereocenters. The number of carboxylic acids is 1. The summed E-state index contributed by atoms with van der Waals surface area (Å²) >= 11 is 4.22. The van der Waals surface area contributed by atoms with Gasteiger partial charge in [0.15, 0.2) is 0 Å².